The zero-order valence-corrected chi connectivity index (χ0v) is 18.9. The molecule has 156 valence electrons. The SMILES string of the molecule is C=CCn1c(SCC(=O)Nc2cc(Cl)c(Cl)cc2Cl)nnc1-c1cccc(OC)c1. The van der Waals surface area contributed by atoms with Crippen LogP contribution in [0.5, 0.6) is 5.75 Å². The molecule has 0 saturated heterocycles. The molecule has 2 aromatic carbocycles. The van der Waals surface area contributed by atoms with Gasteiger partial charge in [-0.1, -0.05) is 64.8 Å². The summed E-state index contributed by atoms with van der Waals surface area (Å²) in [6.45, 7) is 4.28. The summed E-state index contributed by atoms with van der Waals surface area (Å²) < 4.78 is 7.16. The summed E-state index contributed by atoms with van der Waals surface area (Å²) in [5.41, 5.74) is 1.24. The van der Waals surface area contributed by atoms with Crippen molar-refractivity contribution in [2.45, 2.75) is 11.7 Å². The highest BCUT2D eigenvalue weighted by Gasteiger charge is 2.16. The molecule has 30 heavy (non-hydrogen) atoms. The van der Waals surface area contributed by atoms with Crippen LogP contribution in [-0.4, -0.2) is 33.5 Å². The van der Waals surface area contributed by atoms with Gasteiger partial charge in [-0.25, -0.2) is 0 Å². The van der Waals surface area contributed by atoms with E-state index in [-0.39, 0.29) is 11.7 Å². The zero-order chi connectivity index (χ0) is 21.7. The molecule has 0 aliphatic carbocycles. The van der Waals surface area contributed by atoms with E-state index in [1.807, 2.05) is 28.8 Å². The highest BCUT2D eigenvalue weighted by molar-refractivity contribution is 7.99. The van der Waals surface area contributed by atoms with E-state index in [0.29, 0.717) is 44.0 Å². The topological polar surface area (TPSA) is 69.0 Å². The molecule has 3 aromatic rings. The summed E-state index contributed by atoms with van der Waals surface area (Å²) in [7, 11) is 1.60. The molecule has 1 aromatic heterocycles. The van der Waals surface area contributed by atoms with Gasteiger partial charge in [0, 0.05) is 12.1 Å². The number of rotatable bonds is 8. The van der Waals surface area contributed by atoms with Crippen molar-refractivity contribution in [3.8, 4) is 17.1 Å². The Morgan fingerprint density at radius 3 is 2.70 bits per heavy atom. The van der Waals surface area contributed by atoms with Crippen molar-refractivity contribution in [2.24, 2.45) is 0 Å². The van der Waals surface area contributed by atoms with Gasteiger partial charge < -0.3 is 10.1 Å². The van der Waals surface area contributed by atoms with E-state index in [9.17, 15) is 4.79 Å². The standard InChI is InChI=1S/C20H17Cl3N4O2S/c1-3-7-27-19(12-5-4-6-13(8-12)29-2)25-26-20(27)30-11-18(28)24-17-10-15(22)14(21)9-16(17)23/h3-6,8-10H,1,7,11H2,2H3,(H,24,28). The number of hydrogen-bond acceptors (Lipinski definition) is 5. The summed E-state index contributed by atoms with van der Waals surface area (Å²) >= 11 is 19.3. The van der Waals surface area contributed by atoms with Crippen LogP contribution in [-0.2, 0) is 11.3 Å². The van der Waals surface area contributed by atoms with E-state index in [1.165, 1.54) is 23.9 Å². The summed E-state index contributed by atoms with van der Waals surface area (Å²) in [5.74, 6) is 1.21. The van der Waals surface area contributed by atoms with Gasteiger partial charge in [0.2, 0.25) is 5.91 Å². The summed E-state index contributed by atoms with van der Waals surface area (Å²) in [4.78, 5) is 12.4. The number of halogens is 3. The number of nitrogens with one attached hydrogen (secondary N) is 1. The quantitative estimate of drug-likeness (QED) is 0.248. The number of thioether (sulfide) groups is 1. The van der Waals surface area contributed by atoms with Crippen molar-refractivity contribution < 1.29 is 9.53 Å². The molecule has 10 heteroatoms. The fourth-order valence-corrected chi connectivity index (χ4v) is 3.94. The molecule has 0 aliphatic heterocycles. The molecule has 0 unspecified atom stereocenters. The van der Waals surface area contributed by atoms with Gasteiger partial charge in [-0.2, -0.15) is 0 Å². The maximum Gasteiger partial charge on any atom is 0.234 e. The first-order chi connectivity index (χ1) is 14.4. The maximum absolute atomic E-state index is 12.4. The van der Waals surface area contributed by atoms with Gasteiger partial charge in [0.15, 0.2) is 11.0 Å². The molecule has 0 atom stereocenters. The predicted octanol–water partition coefficient (Wildman–Crippen LogP) is 5.83. The fraction of sp³-hybridized carbons (Fsp3) is 0.150. The summed E-state index contributed by atoms with van der Waals surface area (Å²) in [5, 5.41) is 12.7. The Labute approximate surface area is 193 Å². The molecule has 0 saturated carbocycles. The molecular weight excluding hydrogens is 467 g/mol. The minimum atomic E-state index is -0.267. The number of carbonyl (C=O) groups excluding carboxylic acids is 1. The van der Waals surface area contributed by atoms with Crippen molar-refractivity contribution in [1.82, 2.24) is 14.8 Å². The molecule has 1 amide bonds. The molecule has 1 heterocycles. The summed E-state index contributed by atoms with van der Waals surface area (Å²) in [6.07, 6.45) is 1.74. The molecule has 1 N–H and O–H groups in total. The van der Waals surface area contributed by atoms with Gasteiger partial charge in [-0.15, -0.1) is 16.8 Å². The van der Waals surface area contributed by atoms with Gasteiger partial charge in [0.25, 0.3) is 0 Å². The minimum absolute atomic E-state index is 0.101. The number of methoxy groups -OCH3 is 1. The Bertz CT molecular complexity index is 1090. The van der Waals surface area contributed by atoms with Crippen LogP contribution in [0.25, 0.3) is 11.4 Å². The number of anilines is 1. The second-order valence-electron chi connectivity index (χ2n) is 6.02. The predicted molar refractivity (Wildman–Crippen MR) is 123 cm³/mol. The monoisotopic (exact) mass is 482 g/mol. The van der Waals surface area contributed by atoms with Gasteiger partial charge >= 0.3 is 0 Å². The number of nitrogens with zero attached hydrogens (tertiary/aromatic N) is 3. The maximum atomic E-state index is 12.4. The lowest BCUT2D eigenvalue weighted by molar-refractivity contribution is -0.113. The van der Waals surface area contributed by atoms with Crippen molar-refractivity contribution in [3.63, 3.8) is 0 Å². The first-order valence-electron chi connectivity index (χ1n) is 8.68. The highest BCUT2D eigenvalue weighted by Crippen LogP contribution is 2.32. The lowest BCUT2D eigenvalue weighted by Gasteiger charge is -2.10. The van der Waals surface area contributed by atoms with Gasteiger partial charge in [0.1, 0.15) is 5.75 Å². The van der Waals surface area contributed by atoms with E-state index in [0.717, 1.165) is 5.56 Å². The highest BCUT2D eigenvalue weighted by atomic mass is 35.5. The molecule has 3 rings (SSSR count). The molecule has 0 spiro atoms. The van der Waals surface area contributed by atoms with Crippen LogP contribution in [0.4, 0.5) is 5.69 Å². The van der Waals surface area contributed by atoms with Crippen molar-refractivity contribution in [1.29, 1.82) is 0 Å². The lowest BCUT2D eigenvalue weighted by atomic mass is 10.2. The average Bonchev–Trinajstić information content (AvgIpc) is 3.13. The van der Waals surface area contributed by atoms with Crippen molar-refractivity contribution in [2.75, 3.05) is 18.2 Å². The van der Waals surface area contributed by atoms with E-state index >= 15 is 0 Å². The summed E-state index contributed by atoms with van der Waals surface area (Å²) in [6, 6.07) is 10.5. The first-order valence-corrected chi connectivity index (χ1v) is 10.8. The Kier molecular flexibility index (Phi) is 7.66. The molecular formula is C20H17Cl3N4O2S. The van der Waals surface area contributed by atoms with E-state index in [4.69, 9.17) is 39.5 Å². The normalized spacial score (nSPS) is 10.7. The Hall–Kier alpha value is -2.19. The van der Waals surface area contributed by atoms with E-state index in [2.05, 4.69) is 22.1 Å². The van der Waals surface area contributed by atoms with Crippen molar-refractivity contribution >= 4 is 58.2 Å². The number of aromatic nitrogens is 3. The Morgan fingerprint density at radius 2 is 1.97 bits per heavy atom. The molecule has 0 bridgehead atoms. The third kappa shape index (κ3) is 5.29. The molecule has 0 radical (unpaired) electrons. The van der Waals surface area contributed by atoms with Crippen LogP contribution < -0.4 is 10.1 Å². The fourth-order valence-electron chi connectivity index (χ4n) is 2.60. The van der Waals surface area contributed by atoms with Crippen molar-refractivity contribution in [3.05, 3.63) is 64.1 Å². The first kappa shape index (κ1) is 22.5. The smallest absolute Gasteiger partial charge is 0.234 e. The Morgan fingerprint density at radius 1 is 1.20 bits per heavy atom. The van der Waals surface area contributed by atoms with Crippen LogP contribution in [0.2, 0.25) is 15.1 Å². The number of ether oxygens (including phenoxy) is 1. The number of carbonyl (C=O) groups is 1. The molecule has 0 aliphatic rings. The van der Waals surface area contributed by atoms with Crippen LogP contribution in [0.3, 0.4) is 0 Å². The zero-order valence-electron chi connectivity index (χ0n) is 15.9. The van der Waals surface area contributed by atoms with Crippen LogP contribution in [0.15, 0.2) is 54.2 Å². The van der Waals surface area contributed by atoms with Gasteiger partial charge in [-0.05, 0) is 24.3 Å². The number of hydrogen-bond donors (Lipinski definition) is 1. The van der Waals surface area contributed by atoms with Crippen LogP contribution >= 0.6 is 46.6 Å². The number of allylic oxidation sites excluding steroid dienone is 1. The van der Waals surface area contributed by atoms with E-state index in [1.54, 1.807) is 13.2 Å². The van der Waals surface area contributed by atoms with Gasteiger partial charge in [-0.3, -0.25) is 9.36 Å². The average molecular weight is 484 g/mol. The number of amides is 1. The second-order valence-corrected chi connectivity index (χ2v) is 8.18. The Balaban J connectivity index is 1.75. The van der Waals surface area contributed by atoms with Crippen LogP contribution in [0.1, 0.15) is 0 Å². The lowest BCUT2D eigenvalue weighted by Crippen LogP contribution is -2.15. The molecule has 0 fully saturated rings. The third-order valence-corrected chi connectivity index (χ3v) is 5.97. The van der Waals surface area contributed by atoms with Crippen LogP contribution in [0, 0.1) is 0 Å². The van der Waals surface area contributed by atoms with Gasteiger partial charge in [0.05, 0.1) is 33.6 Å². The largest absolute Gasteiger partial charge is 0.497 e. The third-order valence-electron chi connectivity index (χ3n) is 3.97. The second kappa shape index (κ2) is 10.2. The molecule has 6 nitrogen and oxygen atoms in total. The van der Waals surface area contributed by atoms with E-state index < -0.39 is 0 Å². The minimum Gasteiger partial charge on any atom is -0.497 e. The number of benzene rings is 2.